The fraction of sp³-hybridized carbons (Fsp3) is 0.545. The van der Waals surface area contributed by atoms with E-state index in [0.29, 0.717) is 0 Å². The summed E-state index contributed by atoms with van der Waals surface area (Å²) in [4.78, 5) is 10.9. The third-order valence-electron chi connectivity index (χ3n) is 3.27. The molecular formula is C11H16N6. The maximum Gasteiger partial charge on any atom is 0.163 e. The van der Waals surface area contributed by atoms with Gasteiger partial charge in [-0.05, 0) is 12.8 Å². The van der Waals surface area contributed by atoms with Crippen LogP contribution in [-0.4, -0.2) is 38.9 Å². The number of nitrogens with two attached hydrogens (primary N) is 1. The largest absolute Gasteiger partial charge is 0.354 e. The van der Waals surface area contributed by atoms with Gasteiger partial charge in [0, 0.05) is 26.2 Å². The fourth-order valence-corrected chi connectivity index (χ4v) is 2.40. The minimum atomic E-state index is 0.241. The standard InChI is InChI=1S/C11H16N6/c1-16-10-9(5-15-16)11(14-7-13-10)17-4-2-3-8(12)6-17/h5,7-8H,2-4,6,12H2,1H3/t8-/m1/s1. The van der Waals surface area contributed by atoms with Gasteiger partial charge in [0.05, 0.1) is 11.6 Å². The highest BCUT2D eigenvalue weighted by molar-refractivity contribution is 5.86. The third kappa shape index (κ3) is 1.74. The Labute approximate surface area is 99.4 Å². The Hall–Kier alpha value is -1.69. The molecule has 90 valence electrons. The Morgan fingerprint density at radius 1 is 1.41 bits per heavy atom. The van der Waals surface area contributed by atoms with Crippen molar-refractivity contribution in [1.82, 2.24) is 19.7 Å². The summed E-state index contributed by atoms with van der Waals surface area (Å²) in [6.07, 6.45) is 5.63. The number of nitrogens with zero attached hydrogens (tertiary/aromatic N) is 5. The molecule has 6 heteroatoms. The summed E-state index contributed by atoms with van der Waals surface area (Å²) in [7, 11) is 1.89. The van der Waals surface area contributed by atoms with E-state index in [2.05, 4.69) is 20.0 Å². The lowest BCUT2D eigenvalue weighted by Gasteiger charge is -2.31. The summed E-state index contributed by atoms with van der Waals surface area (Å²) in [5.41, 5.74) is 6.88. The van der Waals surface area contributed by atoms with Gasteiger partial charge in [0.15, 0.2) is 5.65 Å². The van der Waals surface area contributed by atoms with Crippen molar-refractivity contribution >= 4 is 16.9 Å². The van der Waals surface area contributed by atoms with Crippen molar-refractivity contribution < 1.29 is 0 Å². The van der Waals surface area contributed by atoms with Gasteiger partial charge >= 0.3 is 0 Å². The lowest BCUT2D eigenvalue weighted by atomic mass is 10.1. The molecule has 2 N–H and O–H groups in total. The summed E-state index contributed by atoms with van der Waals surface area (Å²) in [5.74, 6) is 0.957. The molecular weight excluding hydrogens is 216 g/mol. The van der Waals surface area contributed by atoms with Crippen LogP contribution in [0.15, 0.2) is 12.5 Å². The fourth-order valence-electron chi connectivity index (χ4n) is 2.40. The topological polar surface area (TPSA) is 72.9 Å². The zero-order valence-corrected chi connectivity index (χ0v) is 9.87. The Balaban J connectivity index is 2.04. The van der Waals surface area contributed by atoms with E-state index in [1.807, 2.05) is 13.2 Å². The van der Waals surface area contributed by atoms with Crippen molar-refractivity contribution in [3.8, 4) is 0 Å². The number of piperidine rings is 1. The molecule has 0 spiro atoms. The van der Waals surface area contributed by atoms with Crippen molar-refractivity contribution in [2.45, 2.75) is 18.9 Å². The molecule has 0 amide bonds. The quantitative estimate of drug-likeness (QED) is 0.765. The van der Waals surface area contributed by atoms with Gasteiger partial charge in [-0.2, -0.15) is 5.10 Å². The molecule has 17 heavy (non-hydrogen) atoms. The van der Waals surface area contributed by atoms with Crippen molar-refractivity contribution in [3.05, 3.63) is 12.5 Å². The molecule has 0 unspecified atom stereocenters. The Morgan fingerprint density at radius 2 is 2.29 bits per heavy atom. The maximum absolute atomic E-state index is 6.01. The van der Waals surface area contributed by atoms with Gasteiger partial charge in [-0.3, -0.25) is 4.68 Å². The highest BCUT2D eigenvalue weighted by atomic mass is 15.3. The minimum Gasteiger partial charge on any atom is -0.354 e. The SMILES string of the molecule is Cn1ncc2c(N3CCC[C@@H](N)C3)ncnc21. The molecule has 0 bridgehead atoms. The Morgan fingerprint density at radius 3 is 3.12 bits per heavy atom. The number of aromatic nitrogens is 4. The molecule has 6 nitrogen and oxygen atoms in total. The summed E-state index contributed by atoms with van der Waals surface area (Å²) >= 11 is 0. The van der Waals surface area contributed by atoms with E-state index >= 15 is 0 Å². The molecule has 0 aliphatic carbocycles. The van der Waals surface area contributed by atoms with E-state index in [-0.39, 0.29) is 6.04 Å². The maximum atomic E-state index is 6.01. The average Bonchev–Trinajstić information content (AvgIpc) is 2.71. The monoisotopic (exact) mass is 232 g/mol. The van der Waals surface area contributed by atoms with Gasteiger partial charge in [0.2, 0.25) is 0 Å². The molecule has 0 aromatic carbocycles. The molecule has 1 atom stereocenters. The molecule has 1 aliphatic rings. The summed E-state index contributed by atoms with van der Waals surface area (Å²) < 4.78 is 1.77. The molecule has 2 aromatic heterocycles. The first-order valence-electron chi connectivity index (χ1n) is 5.89. The molecule has 1 aliphatic heterocycles. The molecule has 1 saturated heterocycles. The van der Waals surface area contributed by atoms with E-state index in [9.17, 15) is 0 Å². The summed E-state index contributed by atoms with van der Waals surface area (Å²) in [5, 5.41) is 5.23. The molecule has 3 rings (SSSR count). The number of rotatable bonds is 1. The van der Waals surface area contributed by atoms with E-state index in [1.54, 1.807) is 11.0 Å². The van der Waals surface area contributed by atoms with Crippen LogP contribution in [0.25, 0.3) is 11.0 Å². The molecule has 0 saturated carbocycles. The van der Waals surface area contributed by atoms with Crippen LogP contribution in [0.2, 0.25) is 0 Å². The Bertz CT molecular complexity index is 534. The first-order chi connectivity index (χ1) is 8.25. The lowest BCUT2D eigenvalue weighted by molar-refractivity contribution is 0.504. The zero-order chi connectivity index (χ0) is 11.8. The van der Waals surface area contributed by atoms with Crippen LogP contribution >= 0.6 is 0 Å². The van der Waals surface area contributed by atoms with Crippen LogP contribution in [0, 0.1) is 0 Å². The van der Waals surface area contributed by atoms with Crippen LogP contribution < -0.4 is 10.6 Å². The second-order valence-corrected chi connectivity index (χ2v) is 4.55. The summed E-state index contributed by atoms with van der Waals surface area (Å²) in [6.45, 7) is 1.87. The average molecular weight is 232 g/mol. The normalized spacial score (nSPS) is 21.1. The highest BCUT2D eigenvalue weighted by Crippen LogP contribution is 2.24. The van der Waals surface area contributed by atoms with Gasteiger partial charge < -0.3 is 10.6 Å². The molecule has 2 aromatic rings. The second kappa shape index (κ2) is 3.96. The molecule has 1 fully saturated rings. The summed E-state index contributed by atoms with van der Waals surface area (Å²) in [6, 6.07) is 0.241. The van der Waals surface area contributed by atoms with Crippen molar-refractivity contribution in [2.75, 3.05) is 18.0 Å². The van der Waals surface area contributed by atoms with Crippen molar-refractivity contribution in [3.63, 3.8) is 0 Å². The third-order valence-corrected chi connectivity index (χ3v) is 3.27. The highest BCUT2D eigenvalue weighted by Gasteiger charge is 2.20. The van der Waals surface area contributed by atoms with Crippen molar-refractivity contribution in [1.29, 1.82) is 0 Å². The molecule has 3 heterocycles. The van der Waals surface area contributed by atoms with Gasteiger partial charge in [-0.1, -0.05) is 0 Å². The van der Waals surface area contributed by atoms with Crippen LogP contribution in [0.5, 0.6) is 0 Å². The first-order valence-corrected chi connectivity index (χ1v) is 5.89. The number of fused-ring (bicyclic) bond motifs is 1. The smallest absolute Gasteiger partial charge is 0.163 e. The minimum absolute atomic E-state index is 0.241. The zero-order valence-electron chi connectivity index (χ0n) is 9.87. The number of hydrogen-bond acceptors (Lipinski definition) is 5. The second-order valence-electron chi connectivity index (χ2n) is 4.55. The van der Waals surface area contributed by atoms with E-state index < -0.39 is 0 Å². The van der Waals surface area contributed by atoms with Gasteiger partial charge in [-0.15, -0.1) is 0 Å². The van der Waals surface area contributed by atoms with Gasteiger partial charge in [-0.25, -0.2) is 9.97 Å². The van der Waals surface area contributed by atoms with Gasteiger partial charge in [0.1, 0.15) is 12.1 Å². The predicted molar refractivity (Wildman–Crippen MR) is 65.7 cm³/mol. The van der Waals surface area contributed by atoms with Crippen LogP contribution in [0.4, 0.5) is 5.82 Å². The van der Waals surface area contributed by atoms with Crippen molar-refractivity contribution in [2.24, 2.45) is 12.8 Å². The molecule has 0 radical (unpaired) electrons. The number of hydrogen-bond donors (Lipinski definition) is 1. The number of aryl methyl sites for hydroxylation is 1. The Kier molecular flexibility index (Phi) is 2.44. The van der Waals surface area contributed by atoms with Gasteiger partial charge in [0.25, 0.3) is 0 Å². The van der Waals surface area contributed by atoms with Crippen LogP contribution in [0.3, 0.4) is 0 Å². The first kappa shape index (κ1) is 10.5. The van der Waals surface area contributed by atoms with Crippen LogP contribution in [0.1, 0.15) is 12.8 Å². The lowest BCUT2D eigenvalue weighted by Crippen LogP contribution is -2.43. The van der Waals surface area contributed by atoms with E-state index in [1.165, 1.54) is 0 Å². The van der Waals surface area contributed by atoms with E-state index in [0.717, 1.165) is 42.8 Å². The van der Waals surface area contributed by atoms with Crippen LogP contribution in [-0.2, 0) is 7.05 Å². The van der Waals surface area contributed by atoms with E-state index in [4.69, 9.17) is 5.73 Å². The number of anilines is 1. The predicted octanol–water partition coefficient (Wildman–Crippen LogP) is 0.291.